The number of thiazole rings is 1. The van der Waals surface area contributed by atoms with Crippen molar-refractivity contribution in [3.8, 4) is 0 Å². The summed E-state index contributed by atoms with van der Waals surface area (Å²) >= 11 is 2.82. The largest absolute Gasteiger partial charge is 0.459 e. The highest BCUT2D eigenvalue weighted by atomic mass is 32.2. The molecule has 0 saturated carbocycles. The quantitative estimate of drug-likeness (QED) is 0.160. The number of carbonyl (C=O) groups is 1. The van der Waals surface area contributed by atoms with Gasteiger partial charge < -0.3 is 9.64 Å². The van der Waals surface area contributed by atoms with Gasteiger partial charge >= 0.3 is 5.97 Å². The summed E-state index contributed by atoms with van der Waals surface area (Å²) in [5.41, 5.74) is 2.70. The molecule has 2 aromatic carbocycles. The molecule has 42 heavy (non-hydrogen) atoms. The number of ether oxygens (including phenoxy) is 1. The maximum absolute atomic E-state index is 14.1. The molecule has 5 rings (SSSR count). The number of anilines is 1. The molecule has 9 nitrogen and oxygen atoms in total. The Morgan fingerprint density at radius 3 is 2.50 bits per heavy atom. The van der Waals surface area contributed by atoms with Gasteiger partial charge in [-0.05, 0) is 75.6 Å². The molecule has 2 aliphatic rings. The third-order valence-corrected chi connectivity index (χ3v) is 9.38. The fourth-order valence-corrected chi connectivity index (χ4v) is 6.86. The number of hydrogen-bond acceptors (Lipinski definition) is 9. The first-order chi connectivity index (χ1) is 20.1. The molecule has 0 unspecified atom stereocenters. The number of benzene rings is 2. The van der Waals surface area contributed by atoms with Crippen molar-refractivity contribution in [1.29, 1.82) is 0 Å². The Bertz CT molecular complexity index is 1730. The molecule has 0 aliphatic carbocycles. The van der Waals surface area contributed by atoms with E-state index in [9.17, 15) is 19.7 Å². The summed E-state index contributed by atoms with van der Waals surface area (Å²) in [6.45, 7) is 9.23. The topological polar surface area (TPSA) is 107 Å². The number of thioether (sulfide) groups is 1. The first-order valence-corrected chi connectivity index (χ1v) is 16.0. The van der Waals surface area contributed by atoms with E-state index in [4.69, 9.17) is 4.74 Å². The fourth-order valence-electron chi connectivity index (χ4n) is 5.41. The Balaban J connectivity index is 1.69. The van der Waals surface area contributed by atoms with Crippen LogP contribution in [0.2, 0.25) is 0 Å². The number of nitro benzene ring substituents is 1. The van der Waals surface area contributed by atoms with E-state index in [2.05, 4.69) is 16.8 Å². The fraction of sp³-hybridized carbons (Fsp3) is 0.387. The molecule has 1 saturated heterocycles. The highest BCUT2D eigenvalue weighted by Crippen LogP contribution is 2.33. The minimum atomic E-state index is -0.723. The van der Waals surface area contributed by atoms with E-state index in [1.807, 2.05) is 30.5 Å². The number of aromatic nitrogens is 1. The second-order valence-electron chi connectivity index (χ2n) is 11.0. The number of rotatable bonds is 7. The first-order valence-electron chi connectivity index (χ1n) is 14.0. The molecule has 0 spiro atoms. The number of nitrogens with zero attached hydrogens (tertiary/aromatic N) is 4. The number of carbonyl (C=O) groups excluding carboxylic acids is 1. The van der Waals surface area contributed by atoms with Crippen LogP contribution in [0.5, 0.6) is 0 Å². The summed E-state index contributed by atoms with van der Waals surface area (Å²) in [4.78, 5) is 47.2. The molecule has 0 amide bonds. The van der Waals surface area contributed by atoms with Gasteiger partial charge in [0.1, 0.15) is 0 Å². The van der Waals surface area contributed by atoms with Crippen LogP contribution in [0.3, 0.4) is 0 Å². The Hall–Kier alpha value is -3.70. The lowest BCUT2D eigenvalue weighted by atomic mass is 9.96. The van der Waals surface area contributed by atoms with Crippen molar-refractivity contribution >= 4 is 46.5 Å². The number of hydrogen-bond donors (Lipinski definition) is 0. The maximum Gasteiger partial charge on any atom is 0.338 e. The summed E-state index contributed by atoms with van der Waals surface area (Å²) in [6.07, 6.45) is 5.43. The summed E-state index contributed by atoms with van der Waals surface area (Å²) in [5, 5.41) is 11.7. The van der Waals surface area contributed by atoms with Crippen molar-refractivity contribution in [3.63, 3.8) is 0 Å². The first kappa shape index (κ1) is 29.8. The van der Waals surface area contributed by atoms with Crippen LogP contribution in [0.15, 0.2) is 68.4 Å². The van der Waals surface area contributed by atoms with Gasteiger partial charge in [-0.25, -0.2) is 9.79 Å². The Morgan fingerprint density at radius 1 is 1.19 bits per heavy atom. The zero-order valence-electron chi connectivity index (χ0n) is 24.3. The molecule has 3 aromatic rings. The summed E-state index contributed by atoms with van der Waals surface area (Å²) in [5.74, 6) is 0.107. The van der Waals surface area contributed by atoms with Crippen LogP contribution in [0.4, 0.5) is 11.4 Å². The van der Waals surface area contributed by atoms with Gasteiger partial charge in [0.05, 0.1) is 32.9 Å². The van der Waals surface area contributed by atoms with Gasteiger partial charge in [0.2, 0.25) is 0 Å². The van der Waals surface area contributed by atoms with Crippen molar-refractivity contribution < 1.29 is 14.5 Å². The highest BCUT2D eigenvalue weighted by Gasteiger charge is 2.34. The van der Waals surface area contributed by atoms with Crippen LogP contribution in [-0.4, -0.2) is 40.9 Å². The molecule has 11 heteroatoms. The standard InChI is InChI=1S/C31H34N4O5S2/c1-18(2)40-30(37)27-20(4)32-31-34(28(27)21-6-9-24(41-5)10-7-21)29(36)26(42-31)17-22-16-23(35(38)39)8-11-25(22)33-14-12-19(3)13-15-33/h6-11,16-19,28H,12-15H2,1-5H3/b26-17-/t28-/m1/s1. The Labute approximate surface area is 252 Å². The summed E-state index contributed by atoms with van der Waals surface area (Å²) < 4.78 is 7.53. The molecule has 0 radical (unpaired) electrons. The van der Waals surface area contributed by atoms with Gasteiger partial charge in [0.15, 0.2) is 4.80 Å². The van der Waals surface area contributed by atoms with Crippen LogP contribution in [0.25, 0.3) is 6.08 Å². The zero-order chi connectivity index (χ0) is 30.1. The van der Waals surface area contributed by atoms with E-state index in [0.29, 0.717) is 32.1 Å². The van der Waals surface area contributed by atoms with Gasteiger partial charge in [-0.15, -0.1) is 11.8 Å². The van der Waals surface area contributed by atoms with Gasteiger partial charge in [-0.2, -0.15) is 0 Å². The van der Waals surface area contributed by atoms with Gasteiger partial charge in [-0.3, -0.25) is 19.5 Å². The molecule has 220 valence electrons. The average Bonchev–Trinajstić information content (AvgIpc) is 3.26. The molecule has 1 atom stereocenters. The molecule has 2 aliphatic heterocycles. The SMILES string of the molecule is CSc1ccc([C@@H]2C(C(=O)OC(C)C)=C(C)N=c3s/c(=C\c4cc([N+](=O)[O-])ccc4N4CCC(C)CC4)c(=O)n32)cc1. The zero-order valence-corrected chi connectivity index (χ0v) is 26.0. The second kappa shape index (κ2) is 12.3. The molecular formula is C31H34N4O5S2. The van der Waals surface area contributed by atoms with Crippen LogP contribution in [0.1, 0.15) is 57.7 Å². The van der Waals surface area contributed by atoms with E-state index in [1.165, 1.54) is 23.5 Å². The predicted molar refractivity (Wildman–Crippen MR) is 167 cm³/mol. The third kappa shape index (κ3) is 5.94. The van der Waals surface area contributed by atoms with Crippen LogP contribution in [-0.2, 0) is 9.53 Å². The lowest BCUT2D eigenvalue weighted by Crippen LogP contribution is -2.40. The summed E-state index contributed by atoms with van der Waals surface area (Å²) in [6, 6.07) is 11.9. The third-order valence-electron chi connectivity index (χ3n) is 7.65. The van der Waals surface area contributed by atoms with Crippen LogP contribution in [0, 0.1) is 16.0 Å². The van der Waals surface area contributed by atoms with Gasteiger partial charge in [0.25, 0.3) is 11.2 Å². The maximum atomic E-state index is 14.1. The lowest BCUT2D eigenvalue weighted by molar-refractivity contribution is -0.384. The van der Waals surface area contributed by atoms with E-state index in [1.54, 1.807) is 49.2 Å². The molecule has 1 aromatic heterocycles. The average molecular weight is 607 g/mol. The number of allylic oxidation sites excluding steroid dienone is 1. The number of non-ortho nitro benzene ring substituents is 1. The predicted octanol–water partition coefficient (Wildman–Crippen LogP) is 5.05. The minimum Gasteiger partial charge on any atom is -0.459 e. The number of esters is 1. The van der Waals surface area contributed by atoms with Gasteiger partial charge in [0, 0.05) is 41.4 Å². The number of piperidine rings is 1. The smallest absolute Gasteiger partial charge is 0.338 e. The lowest BCUT2D eigenvalue weighted by Gasteiger charge is -2.33. The Kier molecular flexibility index (Phi) is 8.70. The van der Waals surface area contributed by atoms with E-state index in [0.717, 1.165) is 42.1 Å². The van der Waals surface area contributed by atoms with Crippen molar-refractivity contribution in [2.45, 2.75) is 57.6 Å². The van der Waals surface area contributed by atoms with Crippen molar-refractivity contribution in [1.82, 2.24) is 4.57 Å². The van der Waals surface area contributed by atoms with Gasteiger partial charge in [-0.1, -0.05) is 30.4 Å². The van der Waals surface area contributed by atoms with E-state index >= 15 is 0 Å². The van der Waals surface area contributed by atoms with Crippen molar-refractivity contribution in [2.75, 3.05) is 24.2 Å². The molecule has 0 N–H and O–H groups in total. The van der Waals surface area contributed by atoms with E-state index in [-0.39, 0.29) is 17.4 Å². The molecule has 0 bridgehead atoms. The van der Waals surface area contributed by atoms with Crippen LogP contribution < -0.4 is 19.8 Å². The molecular weight excluding hydrogens is 572 g/mol. The molecule has 1 fully saturated rings. The Morgan fingerprint density at radius 2 is 1.88 bits per heavy atom. The number of fused-ring (bicyclic) bond motifs is 1. The van der Waals surface area contributed by atoms with Crippen LogP contribution >= 0.6 is 23.1 Å². The number of nitro groups is 1. The second-order valence-corrected chi connectivity index (χ2v) is 12.9. The molecule has 3 heterocycles. The van der Waals surface area contributed by atoms with Crippen molar-refractivity contribution in [2.24, 2.45) is 10.9 Å². The normalized spacial score (nSPS) is 17.8. The minimum absolute atomic E-state index is 0.0375. The summed E-state index contributed by atoms with van der Waals surface area (Å²) in [7, 11) is 0. The highest BCUT2D eigenvalue weighted by molar-refractivity contribution is 7.98. The van der Waals surface area contributed by atoms with E-state index < -0.39 is 16.9 Å². The van der Waals surface area contributed by atoms with Crippen molar-refractivity contribution in [3.05, 3.63) is 94.7 Å². The monoisotopic (exact) mass is 606 g/mol.